The van der Waals surface area contributed by atoms with Crippen molar-refractivity contribution in [3.05, 3.63) is 5.82 Å². The Labute approximate surface area is 135 Å². The maximum absolute atomic E-state index is 11.8. The molecule has 0 unspecified atom stereocenters. The van der Waals surface area contributed by atoms with Crippen LogP contribution < -0.4 is 5.32 Å². The predicted octanol–water partition coefficient (Wildman–Crippen LogP) is 1.78. The molecule has 2 heterocycles. The van der Waals surface area contributed by atoms with Crippen LogP contribution in [0.1, 0.15) is 44.9 Å². The van der Waals surface area contributed by atoms with E-state index in [9.17, 15) is 4.79 Å². The van der Waals surface area contributed by atoms with E-state index in [0.29, 0.717) is 11.8 Å². The van der Waals surface area contributed by atoms with E-state index in [1.165, 1.54) is 11.8 Å². The van der Waals surface area contributed by atoms with E-state index < -0.39 is 0 Å². The molecule has 22 heavy (non-hydrogen) atoms. The van der Waals surface area contributed by atoms with Crippen LogP contribution in [0.5, 0.6) is 0 Å². The number of nitrogens with one attached hydrogen (secondary N) is 1. The van der Waals surface area contributed by atoms with Gasteiger partial charge in [0, 0.05) is 19.1 Å². The zero-order valence-corrected chi connectivity index (χ0v) is 13.9. The minimum atomic E-state index is 0.0937. The average molecular weight is 324 g/mol. The smallest absolute Gasteiger partial charge is 0.230 e. The largest absolute Gasteiger partial charge is 0.376 e. The molecule has 0 bridgehead atoms. The maximum atomic E-state index is 11.8. The number of hydrogen-bond donors (Lipinski definition) is 1. The molecule has 1 saturated heterocycles. The van der Waals surface area contributed by atoms with Crippen molar-refractivity contribution in [2.24, 2.45) is 0 Å². The molecule has 6 nitrogen and oxygen atoms in total. The summed E-state index contributed by atoms with van der Waals surface area (Å²) in [4.78, 5) is 11.8. The second-order valence-corrected chi connectivity index (χ2v) is 6.97. The molecule has 1 aliphatic carbocycles. The minimum Gasteiger partial charge on any atom is -0.376 e. The van der Waals surface area contributed by atoms with E-state index in [1.807, 2.05) is 0 Å². The van der Waals surface area contributed by atoms with E-state index in [2.05, 4.69) is 27.0 Å². The summed E-state index contributed by atoms with van der Waals surface area (Å²) in [5, 5.41) is 12.4. The van der Waals surface area contributed by atoms with Crippen LogP contribution in [0.15, 0.2) is 5.16 Å². The van der Waals surface area contributed by atoms with Gasteiger partial charge in [-0.1, -0.05) is 18.7 Å². The fourth-order valence-electron chi connectivity index (χ4n) is 2.64. The Kier molecular flexibility index (Phi) is 5.36. The van der Waals surface area contributed by atoms with Crippen LogP contribution in [0, 0.1) is 0 Å². The van der Waals surface area contributed by atoms with Gasteiger partial charge in [-0.15, -0.1) is 10.2 Å². The number of thioether (sulfide) groups is 1. The lowest BCUT2D eigenvalue weighted by Gasteiger charge is -2.14. The highest BCUT2D eigenvalue weighted by molar-refractivity contribution is 7.99. The maximum Gasteiger partial charge on any atom is 0.230 e. The molecule has 2 fully saturated rings. The Morgan fingerprint density at radius 3 is 2.95 bits per heavy atom. The van der Waals surface area contributed by atoms with Gasteiger partial charge in [0.05, 0.1) is 18.4 Å². The summed E-state index contributed by atoms with van der Waals surface area (Å²) < 4.78 is 7.88. The molecule has 1 aliphatic heterocycles. The van der Waals surface area contributed by atoms with Gasteiger partial charge in [-0.05, 0) is 32.1 Å². The lowest BCUT2D eigenvalue weighted by atomic mass is 10.2. The molecular weight excluding hydrogens is 300 g/mol. The number of ether oxygens (including phenoxy) is 1. The number of amides is 1. The van der Waals surface area contributed by atoms with Gasteiger partial charge in [0.1, 0.15) is 5.82 Å². The summed E-state index contributed by atoms with van der Waals surface area (Å²) in [5.41, 5.74) is 0. The van der Waals surface area contributed by atoms with Crippen molar-refractivity contribution in [3.8, 4) is 0 Å². The summed E-state index contributed by atoms with van der Waals surface area (Å²) in [5.74, 6) is 1.51. The zero-order chi connectivity index (χ0) is 15.4. The lowest BCUT2D eigenvalue weighted by Crippen LogP contribution is -2.27. The third kappa shape index (κ3) is 4.23. The second-order valence-electron chi connectivity index (χ2n) is 6.02. The Balaban J connectivity index is 1.61. The SMILES string of the molecule is CCCc1nnc(SCC(=O)NC2CC2)n1C[C@@H]1CCCO1. The molecule has 1 saturated carbocycles. The van der Waals surface area contributed by atoms with E-state index in [4.69, 9.17) is 4.74 Å². The molecule has 3 rings (SSSR count). The van der Waals surface area contributed by atoms with Crippen LogP contribution >= 0.6 is 11.8 Å². The molecule has 1 aromatic heterocycles. The fraction of sp³-hybridized carbons (Fsp3) is 0.800. The number of carbonyl (C=O) groups is 1. The third-order valence-electron chi connectivity index (χ3n) is 3.95. The first kappa shape index (κ1) is 15.8. The summed E-state index contributed by atoms with van der Waals surface area (Å²) in [7, 11) is 0. The fourth-order valence-corrected chi connectivity index (χ4v) is 3.41. The van der Waals surface area contributed by atoms with Crippen molar-refractivity contribution in [1.82, 2.24) is 20.1 Å². The highest BCUT2D eigenvalue weighted by atomic mass is 32.2. The van der Waals surface area contributed by atoms with E-state index in [0.717, 1.165) is 62.7 Å². The van der Waals surface area contributed by atoms with Crippen molar-refractivity contribution >= 4 is 17.7 Å². The highest BCUT2D eigenvalue weighted by Crippen LogP contribution is 2.23. The molecule has 2 aliphatic rings. The Bertz CT molecular complexity index is 510. The summed E-state index contributed by atoms with van der Waals surface area (Å²) >= 11 is 1.48. The monoisotopic (exact) mass is 324 g/mol. The minimum absolute atomic E-state index is 0.0937. The number of hydrogen-bond acceptors (Lipinski definition) is 5. The normalized spacial score (nSPS) is 21.2. The first-order valence-electron chi connectivity index (χ1n) is 8.22. The van der Waals surface area contributed by atoms with Crippen LogP contribution in [0.25, 0.3) is 0 Å². The van der Waals surface area contributed by atoms with Crippen LogP contribution in [0.2, 0.25) is 0 Å². The molecule has 7 heteroatoms. The van der Waals surface area contributed by atoms with E-state index >= 15 is 0 Å². The molecule has 0 aromatic carbocycles. The standard InChI is InChI=1S/C15H24N4O2S/c1-2-4-13-17-18-15(19(13)9-12-5-3-8-21-12)22-10-14(20)16-11-6-7-11/h11-12H,2-10H2,1H3,(H,16,20)/t12-/m0/s1. The summed E-state index contributed by atoms with van der Waals surface area (Å²) in [6.07, 6.45) is 6.66. The Morgan fingerprint density at radius 2 is 2.27 bits per heavy atom. The van der Waals surface area contributed by atoms with E-state index in [-0.39, 0.29) is 12.0 Å². The molecule has 0 spiro atoms. The van der Waals surface area contributed by atoms with Gasteiger partial charge in [0.25, 0.3) is 0 Å². The second kappa shape index (κ2) is 7.46. The molecule has 1 atom stereocenters. The van der Waals surface area contributed by atoms with Crippen LogP contribution in [0.3, 0.4) is 0 Å². The van der Waals surface area contributed by atoms with Crippen molar-refractivity contribution in [1.29, 1.82) is 0 Å². The van der Waals surface area contributed by atoms with Gasteiger partial charge in [-0.2, -0.15) is 0 Å². The zero-order valence-electron chi connectivity index (χ0n) is 13.1. The first-order valence-corrected chi connectivity index (χ1v) is 9.20. The Morgan fingerprint density at radius 1 is 1.41 bits per heavy atom. The van der Waals surface area contributed by atoms with Gasteiger partial charge in [0.2, 0.25) is 5.91 Å². The average Bonchev–Trinajstić information content (AvgIpc) is 3.02. The third-order valence-corrected chi connectivity index (χ3v) is 4.92. The van der Waals surface area contributed by atoms with E-state index in [1.54, 1.807) is 0 Å². The van der Waals surface area contributed by atoms with Crippen LogP contribution in [0.4, 0.5) is 0 Å². The number of rotatable bonds is 8. The van der Waals surface area contributed by atoms with Gasteiger partial charge in [-0.25, -0.2) is 0 Å². The number of aromatic nitrogens is 3. The number of aryl methyl sites for hydroxylation is 1. The number of nitrogens with zero attached hydrogens (tertiary/aromatic N) is 3. The van der Waals surface area contributed by atoms with Crippen LogP contribution in [-0.4, -0.2) is 45.2 Å². The van der Waals surface area contributed by atoms with Crippen molar-refractivity contribution in [2.75, 3.05) is 12.4 Å². The topological polar surface area (TPSA) is 69.0 Å². The Hall–Kier alpha value is -1.08. The van der Waals surface area contributed by atoms with Gasteiger partial charge in [-0.3, -0.25) is 4.79 Å². The quantitative estimate of drug-likeness (QED) is 0.738. The first-order chi connectivity index (χ1) is 10.8. The highest BCUT2D eigenvalue weighted by Gasteiger charge is 2.24. The van der Waals surface area contributed by atoms with Gasteiger partial charge >= 0.3 is 0 Å². The predicted molar refractivity (Wildman–Crippen MR) is 84.9 cm³/mol. The van der Waals surface area contributed by atoms with Crippen molar-refractivity contribution < 1.29 is 9.53 Å². The molecule has 122 valence electrons. The van der Waals surface area contributed by atoms with Crippen molar-refractivity contribution in [2.45, 2.75) is 69.3 Å². The number of carbonyl (C=O) groups excluding carboxylic acids is 1. The summed E-state index contributed by atoms with van der Waals surface area (Å²) in [6, 6.07) is 0.411. The van der Waals surface area contributed by atoms with Crippen molar-refractivity contribution in [3.63, 3.8) is 0 Å². The molecular formula is C15H24N4O2S. The van der Waals surface area contributed by atoms with Crippen LogP contribution in [-0.2, 0) is 22.5 Å². The molecule has 0 radical (unpaired) electrons. The molecule has 1 amide bonds. The van der Waals surface area contributed by atoms with Gasteiger partial charge < -0.3 is 14.6 Å². The summed E-state index contributed by atoms with van der Waals surface area (Å²) in [6.45, 7) is 3.79. The molecule has 1 N–H and O–H groups in total. The lowest BCUT2D eigenvalue weighted by molar-refractivity contribution is -0.118. The molecule has 1 aromatic rings. The van der Waals surface area contributed by atoms with Gasteiger partial charge in [0.15, 0.2) is 5.16 Å².